The van der Waals surface area contributed by atoms with Crippen molar-refractivity contribution in [3.8, 4) is 0 Å². The van der Waals surface area contributed by atoms with E-state index in [-0.39, 0.29) is 0 Å². The second-order valence-electron chi connectivity index (χ2n) is 2.33. The molecule has 68 valence electrons. The van der Waals surface area contributed by atoms with E-state index in [0.29, 0.717) is 9.39 Å². The molecule has 0 saturated heterocycles. The maximum atomic E-state index is 5.75. The number of halogens is 2. The minimum absolute atomic E-state index is 0.616. The van der Waals surface area contributed by atoms with Gasteiger partial charge in [-0.15, -0.1) is 0 Å². The Morgan fingerprint density at radius 1 is 1.38 bits per heavy atom. The molecular weight excluding hydrogens is 229 g/mol. The summed E-state index contributed by atoms with van der Waals surface area (Å²) in [6.07, 6.45) is 3.34. The summed E-state index contributed by atoms with van der Waals surface area (Å²) >= 11 is 12.8. The van der Waals surface area contributed by atoms with Crippen LogP contribution >= 0.6 is 35.1 Å². The van der Waals surface area contributed by atoms with Crippen LogP contribution in [0.1, 0.15) is 0 Å². The number of nitrogens with one attached hydrogen (secondary N) is 1. The average Bonchev–Trinajstić information content (AvgIpc) is 2.53. The van der Waals surface area contributed by atoms with Crippen molar-refractivity contribution in [1.82, 2.24) is 9.82 Å². The SMILES string of the molecule is ClC1=CN(c2ccc(Cl)cn2)NS1. The van der Waals surface area contributed by atoms with E-state index < -0.39 is 0 Å². The van der Waals surface area contributed by atoms with Crippen LogP contribution in [0, 0.1) is 0 Å². The number of nitrogens with zero attached hydrogens (tertiary/aromatic N) is 2. The summed E-state index contributed by atoms with van der Waals surface area (Å²) in [5.74, 6) is 0.757. The maximum absolute atomic E-state index is 5.75. The van der Waals surface area contributed by atoms with Crippen LogP contribution in [0.5, 0.6) is 0 Å². The summed E-state index contributed by atoms with van der Waals surface area (Å²) < 4.78 is 0.678. The molecule has 1 aromatic heterocycles. The second-order valence-corrected chi connectivity index (χ2v) is 4.23. The van der Waals surface area contributed by atoms with Gasteiger partial charge in [0.1, 0.15) is 10.2 Å². The lowest BCUT2D eigenvalue weighted by molar-refractivity contribution is 0.970. The molecule has 6 heteroatoms. The van der Waals surface area contributed by atoms with Gasteiger partial charge in [0.05, 0.1) is 11.2 Å². The molecule has 3 nitrogen and oxygen atoms in total. The largest absolute Gasteiger partial charge is 0.255 e. The monoisotopic (exact) mass is 233 g/mol. The van der Waals surface area contributed by atoms with Gasteiger partial charge in [0.25, 0.3) is 0 Å². The molecule has 0 amide bonds. The van der Waals surface area contributed by atoms with Crippen LogP contribution in [0.15, 0.2) is 28.9 Å². The molecular formula is C7H5Cl2N3S. The Balaban J connectivity index is 2.22. The smallest absolute Gasteiger partial charge is 0.147 e. The van der Waals surface area contributed by atoms with E-state index >= 15 is 0 Å². The van der Waals surface area contributed by atoms with Gasteiger partial charge in [-0.25, -0.2) is 4.98 Å². The molecule has 0 bridgehead atoms. The van der Waals surface area contributed by atoms with Crippen molar-refractivity contribution in [3.63, 3.8) is 0 Å². The molecule has 2 rings (SSSR count). The standard InChI is InChI=1S/C7H5Cl2N3S/c8-5-1-2-7(10-3-5)12-4-6(9)13-11-12/h1-4,11H. The molecule has 13 heavy (non-hydrogen) atoms. The first-order valence-electron chi connectivity index (χ1n) is 3.46. The van der Waals surface area contributed by atoms with Gasteiger partial charge in [0.2, 0.25) is 0 Å². The van der Waals surface area contributed by atoms with Gasteiger partial charge in [-0.1, -0.05) is 23.2 Å². The molecule has 1 N–H and O–H groups in total. The summed E-state index contributed by atoms with van der Waals surface area (Å²) in [6, 6.07) is 3.58. The van der Waals surface area contributed by atoms with E-state index in [0.717, 1.165) is 5.82 Å². The predicted molar refractivity (Wildman–Crippen MR) is 56.4 cm³/mol. The van der Waals surface area contributed by atoms with E-state index in [2.05, 4.69) is 9.82 Å². The van der Waals surface area contributed by atoms with Crippen molar-refractivity contribution < 1.29 is 0 Å². The molecule has 0 saturated carbocycles. The topological polar surface area (TPSA) is 28.2 Å². The van der Waals surface area contributed by atoms with Crippen molar-refractivity contribution in [3.05, 3.63) is 33.9 Å². The van der Waals surface area contributed by atoms with Gasteiger partial charge < -0.3 is 0 Å². The first kappa shape index (κ1) is 9.15. The number of anilines is 1. The number of rotatable bonds is 1. The van der Waals surface area contributed by atoms with Crippen LogP contribution in [-0.2, 0) is 0 Å². The first-order valence-corrected chi connectivity index (χ1v) is 5.03. The molecule has 1 aliphatic rings. The van der Waals surface area contributed by atoms with Crippen molar-refractivity contribution in [2.75, 3.05) is 5.01 Å². The van der Waals surface area contributed by atoms with Crippen molar-refractivity contribution in [2.45, 2.75) is 0 Å². The lowest BCUT2D eigenvalue weighted by Gasteiger charge is -2.12. The fraction of sp³-hybridized carbons (Fsp3) is 0. The van der Waals surface area contributed by atoms with Crippen LogP contribution in [0.2, 0.25) is 5.02 Å². The lowest BCUT2D eigenvalue weighted by Crippen LogP contribution is -2.23. The molecule has 0 spiro atoms. The van der Waals surface area contributed by atoms with Gasteiger partial charge in [-0.3, -0.25) is 5.01 Å². The van der Waals surface area contributed by atoms with Crippen LogP contribution in [0.3, 0.4) is 0 Å². The summed E-state index contributed by atoms with van der Waals surface area (Å²) in [6.45, 7) is 0. The molecule has 0 unspecified atom stereocenters. The zero-order valence-electron chi connectivity index (χ0n) is 6.37. The second kappa shape index (κ2) is 3.75. The Morgan fingerprint density at radius 2 is 2.23 bits per heavy atom. The highest BCUT2D eigenvalue weighted by atomic mass is 35.5. The number of aromatic nitrogens is 1. The van der Waals surface area contributed by atoms with Gasteiger partial charge >= 0.3 is 0 Å². The zero-order chi connectivity index (χ0) is 9.26. The van der Waals surface area contributed by atoms with E-state index in [1.54, 1.807) is 23.5 Å². The number of pyridine rings is 1. The third-order valence-electron chi connectivity index (χ3n) is 1.43. The Bertz CT molecular complexity index is 338. The Labute approximate surface area is 89.8 Å². The Kier molecular flexibility index (Phi) is 2.64. The fourth-order valence-electron chi connectivity index (χ4n) is 0.870. The molecule has 1 aliphatic heterocycles. The lowest BCUT2D eigenvalue weighted by atomic mass is 10.4. The minimum Gasteiger partial charge on any atom is -0.255 e. The predicted octanol–water partition coefficient (Wildman–Crippen LogP) is 2.75. The Hall–Kier alpha value is -0.420. The molecule has 0 aromatic carbocycles. The zero-order valence-corrected chi connectivity index (χ0v) is 8.70. The number of hydrogen-bond donors (Lipinski definition) is 1. The third kappa shape index (κ3) is 2.08. The molecule has 0 fully saturated rings. The van der Waals surface area contributed by atoms with E-state index in [4.69, 9.17) is 23.2 Å². The van der Waals surface area contributed by atoms with Crippen molar-refractivity contribution in [2.24, 2.45) is 0 Å². The van der Waals surface area contributed by atoms with Crippen LogP contribution < -0.4 is 9.84 Å². The fourth-order valence-corrected chi connectivity index (χ4v) is 1.67. The molecule has 0 radical (unpaired) electrons. The van der Waals surface area contributed by atoms with Crippen molar-refractivity contribution in [1.29, 1.82) is 0 Å². The third-order valence-corrected chi connectivity index (χ3v) is 2.57. The number of hydrogen-bond acceptors (Lipinski definition) is 4. The molecule has 1 aromatic rings. The van der Waals surface area contributed by atoms with E-state index in [1.807, 2.05) is 6.07 Å². The first-order chi connectivity index (χ1) is 6.25. The maximum Gasteiger partial charge on any atom is 0.147 e. The molecule has 2 heterocycles. The molecule has 0 aliphatic carbocycles. The van der Waals surface area contributed by atoms with Gasteiger partial charge in [-0.2, -0.15) is 4.83 Å². The highest BCUT2D eigenvalue weighted by molar-refractivity contribution is 8.03. The van der Waals surface area contributed by atoms with Crippen LogP contribution in [0.4, 0.5) is 5.82 Å². The summed E-state index contributed by atoms with van der Waals surface area (Å²) in [4.78, 5) is 7.07. The summed E-state index contributed by atoms with van der Waals surface area (Å²) in [5, 5.41) is 2.34. The quantitative estimate of drug-likeness (QED) is 0.756. The highest BCUT2D eigenvalue weighted by Crippen LogP contribution is 2.26. The van der Waals surface area contributed by atoms with Crippen LogP contribution in [-0.4, -0.2) is 4.98 Å². The average molecular weight is 234 g/mol. The summed E-state index contributed by atoms with van der Waals surface area (Å²) in [5.41, 5.74) is 0. The van der Waals surface area contributed by atoms with Gasteiger partial charge in [-0.05, 0) is 24.1 Å². The van der Waals surface area contributed by atoms with E-state index in [1.165, 1.54) is 11.9 Å². The van der Waals surface area contributed by atoms with Crippen molar-refractivity contribution >= 4 is 41.0 Å². The minimum atomic E-state index is 0.616. The van der Waals surface area contributed by atoms with Gasteiger partial charge in [0.15, 0.2) is 0 Å². The number of hydrazine groups is 1. The summed E-state index contributed by atoms with van der Waals surface area (Å²) in [7, 11) is 0. The molecule has 0 atom stereocenters. The normalized spacial score (nSPS) is 16.2. The highest BCUT2D eigenvalue weighted by Gasteiger charge is 2.13. The van der Waals surface area contributed by atoms with Crippen LogP contribution in [0.25, 0.3) is 0 Å². The van der Waals surface area contributed by atoms with E-state index in [9.17, 15) is 0 Å². The van der Waals surface area contributed by atoms with Gasteiger partial charge in [0, 0.05) is 6.20 Å². The Morgan fingerprint density at radius 3 is 2.77 bits per heavy atom.